The van der Waals surface area contributed by atoms with Crippen LogP contribution in [0, 0.1) is 12.8 Å². The molecule has 10 heteroatoms. The standard InChI is InChI=1S/C29H23ClF3N3O3/c1-15-9-17(7-8-22(15)23-3-2-4-24(30)25(23)29(31,32)33)27-34-26(35-39-27)16-5-6-18-13-36(14-20(18)10-16)21-11-19(12-21)28(37)38/h2-10,19,21H,11-14H2,1H3,(H,37,38)/t19-,21-. The lowest BCUT2D eigenvalue weighted by atomic mass is 9.79. The van der Waals surface area contributed by atoms with Crippen molar-refractivity contribution in [2.24, 2.45) is 5.92 Å². The van der Waals surface area contributed by atoms with Crippen LogP contribution in [0.2, 0.25) is 5.02 Å². The molecule has 0 spiro atoms. The number of carbonyl (C=O) groups is 1. The van der Waals surface area contributed by atoms with Gasteiger partial charge < -0.3 is 9.63 Å². The van der Waals surface area contributed by atoms with E-state index < -0.39 is 17.7 Å². The zero-order valence-corrected chi connectivity index (χ0v) is 21.6. The summed E-state index contributed by atoms with van der Waals surface area (Å²) in [6, 6.07) is 15.4. The Morgan fingerprint density at radius 1 is 1.03 bits per heavy atom. The molecule has 2 heterocycles. The fourth-order valence-corrected chi connectivity index (χ4v) is 5.78. The zero-order valence-electron chi connectivity index (χ0n) is 20.8. The van der Waals surface area contributed by atoms with Gasteiger partial charge in [0.2, 0.25) is 5.82 Å². The van der Waals surface area contributed by atoms with Crippen LogP contribution in [0.5, 0.6) is 0 Å². The number of aromatic nitrogens is 2. The van der Waals surface area contributed by atoms with E-state index in [0.717, 1.165) is 24.2 Å². The van der Waals surface area contributed by atoms with E-state index in [1.165, 1.54) is 23.8 Å². The van der Waals surface area contributed by atoms with Crippen molar-refractivity contribution in [2.45, 2.75) is 45.1 Å². The van der Waals surface area contributed by atoms with Gasteiger partial charge in [0.15, 0.2) is 0 Å². The number of fused-ring (bicyclic) bond motifs is 1. The van der Waals surface area contributed by atoms with E-state index >= 15 is 0 Å². The number of hydrogen-bond donors (Lipinski definition) is 1. The summed E-state index contributed by atoms with van der Waals surface area (Å²) in [6.45, 7) is 3.26. The maximum absolute atomic E-state index is 13.7. The van der Waals surface area contributed by atoms with E-state index in [-0.39, 0.29) is 28.4 Å². The Morgan fingerprint density at radius 3 is 2.49 bits per heavy atom. The van der Waals surface area contributed by atoms with Crippen LogP contribution in [0.15, 0.2) is 59.1 Å². The molecule has 2 aliphatic rings. The highest BCUT2D eigenvalue weighted by Gasteiger charge is 2.40. The second kappa shape index (κ2) is 9.50. The number of rotatable bonds is 5. The molecule has 0 radical (unpaired) electrons. The molecule has 6 nitrogen and oxygen atoms in total. The van der Waals surface area contributed by atoms with Crippen molar-refractivity contribution in [2.75, 3.05) is 0 Å². The minimum atomic E-state index is -4.59. The van der Waals surface area contributed by atoms with Crippen molar-refractivity contribution in [1.29, 1.82) is 0 Å². The maximum atomic E-state index is 13.7. The molecular weight excluding hydrogens is 531 g/mol. The first kappa shape index (κ1) is 25.6. The normalized spacial score (nSPS) is 19.1. The average Bonchev–Trinajstić information content (AvgIpc) is 3.49. The van der Waals surface area contributed by atoms with Crippen LogP contribution in [0.3, 0.4) is 0 Å². The topological polar surface area (TPSA) is 79.5 Å². The van der Waals surface area contributed by atoms with Crippen molar-refractivity contribution in [1.82, 2.24) is 15.0 Å². The summed E-state index contributed by atoms with van der Waals surface area (Å²) in [5, 5.41) is 12.9. The second-order valence-electron chi connectivity index (χ2n) is 10.2. The molecule has 6 rings (SSSR count). The smallest absolute Gasteiger partial charge is 0.418 e. The lowest BCUT2D eigenvalue weighted by Crippen LogP contribution is -2.44. The highest BCUT2D eigenvalue weighted by atomic mass is 35.5. The Kier molecular flexibility index (Phi) is 6.23. The van der Waals surface area contributed by atoms with Crippen LogP contribution in [0.25, 0.3) is 34.0 Å². The molecule has 0 amide bonds. The average molecular weight is 554 g/mol. The van der Waals surface area contributed by atoms with Crippen molar-refractivity contribution in [3.63, 3.8) is 0 Å². The Morgan fingerprint density at radius 2 is 1.77 bits per heavy atom. The summed E-state index contributed by atoms with van der Waals surface area (Å²) in [5.41, 5.74) is 3.91. The molecule has 4 aromatic rings. The molecule has 1 aliphatic heterocycles. The molecule has 1 fully saturated rings. The number of nitrogens with zero attached hydrogens (tertiary/aromatic N) is 3. The number of halogens is 4. The number of aryl methyl sites for hydroxylation is 1. The maximum Gasteiger partial charge on any atom is 0.418 e. The van der Waals surface area contributed by atoms with Gasteiger partial charge in [-0.25, -0.2) is 0 Å². The molecule has 0 bridgehead atoms. The molecule has 200 valence electrons. The van der Waals surface area contributed by atoms with E-state index in [9.17, 15) is 18.0 Å². The van der Waals surface area contributed by atoms with Gasteiger partial charge >= 0.3 is 12.1 Å². The van der Waals surface area contributed by atoms with Crippen LogP contribution < -0.4 is 0 Å². The van der Waals surface area contributed by atoms with Gasteiger partial charge in [-0.05, 0) is 71.8 Å². The van der Waals surface area contributed by atoms with Gasteiger partial charge in [-0.15, -0.1) is 0 Å². The lowest BCUT2D eigenvalue weighted by molar-refractivity contribution is -0.147. The Hall–Kier alpha value is -3.69. The van der Waals surface area contributed by atoms with E-state index in [2.05, 4.69) is 15.0 Å². The quantitative estimate of drug-likeness (QED) is 0.281. The first-order valence-electron chi connectivity index (χ1n) is 12.5. The number of aliphatic carboxylic acids is 1. The molecular formula is C29H23ClF3N3O3. The highest BCUT2D eigenvalue weighted by molar-refractivity contribution is 6.31. The molecule has 0 saturated heterocycles. The Bertz CT molecular complexity index is 1590. The Balaban J connectivity index is 1.22. The predicted octanol–water partition coefficient (Wildman–Crippen LogP) is 7.23. The van der Waals surface area contributed by atoms with Gasteiger partial charge in [0.1, 0.15) is 0 Å². The lowest BCUT2D eigenvalue weighted by Gasteiger charge is -2.39. The highest BCUT2D eigenvalue weighted by Crippen LogP contribution is 2.43. The monoisotopic (exact) mass is 553 g/mol. The van der Waals surface area contributed by atoms with Crippen molar-refractivity contribution in [3.05, 3.63) is 81.9 Å². The third kappa shape index (κ3) is 4.70. The summed E-state index contributed by atoms with van der Waals surface area (Å²) in [5.74, 6) is -0.296. The van der Waals surface area contributed by atoms with Crippen molar-refractivity contribution < 1.29 is 27.6 Å². The number of benzene rings is 3. The summed E-state index contributed by atoms with van der Waals surface area (Å²) in [4.78, 5) is 18.0. The summed E-state index contributed by atoms with van der Waals surface area (Å²) < 4.78 is 46.6. The van der Waals surface area contributed by atoms with Crippen molar-refractivity contribution >= 4 is 17.6 Å². The molecule has 1 N–H and O–H groups in total. The molecule has 39 heavy (non-hydrogen) atoms. The van der Waals surface area contributed by atoms with E-state index in [0.29, 0.717) is 35.4 Å². The fraction of sp³-hybridized carbons (Fsp3) is 0.276. The fourth-order valence-electron chi connectivity index (χ4n) is 5.50. The first-order chi connectivity index (χ1) is 18.6. The van der Waals surface area contributed by atoms with Gasteiger partial charge in [-0.2, -0.15) is 18.2 Å². The summed E-state index contributed by atoms with van der Waals surface area (Å²) in [6.07, 6.45) is -3.24. The van der Waals surface area contributed by atoms with Crippen LogP contribution in [-0.2, 0) is 24.1 Å². The predicted molar refractivity (Wildman–Crippen MR) is 139 cm³/mol. The van der Waals surface area contributed by atoms with Crippen LogP contribution in [0.4, 0.5) is 13.2 Å². The molecule has 0 atom stereocenters. The zero-order chi connectivity index (χ0) is 27.5. The molecule has 1 saturated carbocycles. The number of hydrogen-bond acceptors (Lipinski definition) is 5. The Labute approximate surface area is 227 Å². The second-order valence-corrected chi connectivity index (χ2v) is 10.6. The van der Waals surface area contributed by atoms with E-state index in [4.69, 9.17) is 21.2 Å². The van der Waals surface area contributed by atoms with Gasteiger partial charge in [0, 0.05) is 30.3 Å². The van der Waals surface area contributed by atoms with Crippen LogP contribution in [0.1, 0.15) is 35.1 Å². The van der Waals surface area contributed by atoms with Crippen molar-refractivity contribution in [3.8, 4) is 34.0 Å². The van der Waals surface area contributed by atoms with Gasteiger partial charge in [-0.3, -0.25) is 9.69 Å². The first-order valence-corrected chi connectivity index (χ1v) is 12.9. The van der Waals surface area contributed by atoms with E-state index in [1.807, 2.05) is 18.2 Å². The molecule has 3 aromatic carbocycles. The number of carboxylic acids is 1. The van der Waals surface area contributed by atoms with Crippen LogP contribution in [-0.4, -0.2) is 32.2 Å². The SMILES string of the molecule is Cc1cc(-c2nc(-c3ccc4c(c3)CN([C@H]3C[C@H](C(=O)O)C3)C4)no2)ccc1-c1cccc(Cl)c1C(F)(F)F. The molecule has 1 aromatic heterocycles. The minimum absolute atomic E-state index is 0.0119. The largest absolute Gasteiger partial charge is 0.481 e. The molecule has 0 unspecified atom stereocenters. The third-order valence-corrected chi connectivity index (χ3v) is 7.99. The number of alkyl halides is 3. The molecule has 1 aliphatic carbocycles. The number of carboxylic acid groups (broad SMARTS) is 1. The summed E-state index contributed by atoms with van der Waals surface area (Å²) >= 11 is 5.91. The van der Waals surface area contributed by atoms with Gasteiger partial charge in [0.05, 0.1) is 16.5 Å². The van der Waals surface area contributed by atoms with Gasteiger partial charge in [-0.1, -0.05) is 47.1 Å². The minimum Gasteiger partial charge on any atom is -0.481 e. The van der Waals surface area contributed by atoms with Crippen LogP contribution >= 0.6 is 11.6 Å². The van der Waals surface area contributed by atoms with Gasteiger partial charge in [0.25, 0.3) is 5.89 Å². The van der Waals surface area contributed by atoms with E-state index in [1.54, 1.807) is 25.1 Å². The third-order valence-electron chi connectivity index (χ3n) is 7.68. The summed E-state index contributed by atoms with van der Waals surface area (Å²) in [7, 11) is 0.